The van der Waals surface area contributed by atoms with E-state index < -0.39 is 17.8 Å². The van der Waals surface area contributed by atoms with Crippen molar-refractivity contribution < 1.29 is 14.6 Å². The predicted molar refractivity (Wildman–Crippen MR) is 71.7 cm³/mol. The second-order valence-corrected chi connectivity index (χ2v) is 5.38. The van der Waals surface area contributed by atoms with Gasteiger partial charge < -0.3 is 9.84 Å². The second-order valence-electron chi connectivity index (χ2n) is 5.38. The summed E-state index contributed by atoms with van der Waals surface area (Å²) in [5.41, 5.74) is 1.13. The predicted octanol–water partition coefficient (Wildman–Crippen LogP) is 2.96. The molecule has 0 aliphatic rings. The lowest BCUT2D eigenvalue weighted by atomic mass is 10.1. The van der Waals surface area contributed by atoms with Gasteiger partial charge in [0.2, 0.25) is 0 Å². The third-order valence-electron chi connectivity index (χ3n) is 2.10. The molecule has 1 aromatic carbocycles. The van der Waals surface area contributed by atoms with Crippen molar-refractivity contribution in [2.24, 2.45) is 0 Å². The zero-order chi connectivity index (χ0) is 13.8. The van der Waals surface area contributed by atoms with Gasteiger partial charge in [-0.15, -0.1) is 0 Å². The highest BCUT2D eigenvalue weighted by molar-refractivity contribution is 5.84. The minimum absolute atomic E-state index is 0.401. The third kappa shape index (κ3) is 5.68. The first-order valence-electron chi connectivity index (χ1n) is 6.03. The van der Waals surface area contributed by atoms with Crippen molar-refractivity contribution in [1.82, 2.24) is 0 Å². The second kappa shape index (κ2) is 5.87. The van der Waals surface area contributed by atoms with Crippen LogP contribution in [0.25, 0.3) is 0 Å². The monoisotopic (exact) mass is 251 g/mol. The summed E-state index contributed by atoms with van der Waals surface area (Å²) < 4.78 is 5.16. The van der Waals surface area contributed by atoms with Crippen LogP contribution >= 0.6 is 0 Å². The Hall–Kier alpha value is -1.55. The highest BCUT2D eigenvalue weighted by Crippen LogP contribution is 2.14. The summed E-state index contributed by atoms with van der Waals surface area (Å²) in [6, 6.07) is 7.36. The van der Waals surface area contributed by atoms with Crippen LogP contribution in [-0.2, 0) is 11.2 Å². The number of rotatable bonds is 3. The van der Waals surface area contributed by atoms with Crippen LogP contribution in [0.1, 0.15) is 33.3 Å². The van der Waals surface area contributed by atoms with Gasteiger partial charge in [-0.25, -0.2) is 4.79 Å². The molecule has 0 aromatic heterocycles. The Kier molecular flexibility index (Phi) is 4.73. The summed E-state index contributed by atoms with van der Waals surface area (Å²) >= 11 is 0. The molecule has 0 fully saturated rings. The average Bonchev–Trinajstić information content (AvgIpc) is 2.13. The number of amides is 1. The van der Waals surface area contributed by atoms with E-state index in [2.05, 4.69) is 5.32 Å². The molecule has 1 aromatic rings. The van der Waals surface area contributed by atoms with E-state index in [4.69, 9.17) is 4.74 Å². The van der Waals surface area contributed by atoms with Crippen LogP contribution in [0.15, 0.2) is 24.3 Å². The number of ether oxygens (including phenoxy) is 1. The highest BCUT2D eigenvalue weighted by Gasteiger charge is 2.16. The summed E-state index contributed by atoms with van der Waals surface area (Å²) in [5, 5.41) is 12.0. The Bertz CT molecular complexity index is 408. The van der Waals surface area contributed by atoms with Crippen LogP contribution in [-0.4, -0.2) is 22.9 Å². The Morgan fingerprint density at radius 2 is 2.11 bits per heavy atom. The standard InChI is InChI=1S/C14H21NO3/c1-10(16)8-11-6-5-7-12(9-11)15-13(17)18-14(2,3)4/h5-7,9-10,16H,8H2,1-4H3,(H,15,17)/t10-/m1/s1. The molecule has 0 radical (unpaired) electrons. The number of hydrogen-bond acceptors (Lipinski definition) is 3. The number of carbonyl (C=O) groups excluding carboxylic acids is 1. The molecular weight excluding hydrogens is 230 g/mol. The Balaban J connectivity index is 2.65. The number of aliphatic hydroxyl groups is 1. The Morgan fingerprint density at radius 1 is 1.44 bits per heavy atom. The van der Waals surface area contributed by atoms with Crippen LogP contribution in [0.4, 0.5) is 10.5 Å². The Morgan fingerprint density at radius 3 is 2.67 bits per heavy atom. The maximum atomic E-state index is 11.6. The van der Waals surface area contributed by atoms with Crippen molar-refractivity contribution in [3.8, 4) is 0 Å². The van der Waals surface area contributed by atoms with Crippen molar-refractivity contribution in [3.05, 3.63) is 29.8 Å². The van der Waals surface area contributed by atoms with E-state index in [0.717, 1.165) is 5.56 Å². The number of benzene rings is 1. The minimum Gasteiger partial charge on any atom is -0.444 e. The molecule has 0 saturated carbocycles. The highest BCUT2D eigenvalue weighted by atomic mass is 16.6. The molecule has 0 aliphatic heterocycles. The molecule has 0 unspecified atom stereocenters. The molecular formula is C14H21NO3. The van der Waals surface area contributed by atoms with Crippen LogP contribution in [0, 0.1) is 0 Å². The first-order valence-corrected chi connectivity index (χ1v) is 6.03. The lowest BCUT2D eigenvalue weighted by Gasteiger charge is -2.19. The number of carbonyl (C=O) groups is 1. The van der Waals surface area contributed by atoms with Gasteiger partial charge in [-0.2, -0.15) is 0 Å². The normalized spacial score (nSPS) is 12.9. The van der Waals surface area contributed by atoms with E-state index in [1.807, 2.05) is 39.0 Å². The van der Waals surface area contributed by atoms with Gasteiger partial charge in [-0.3, -0.25) is 5.32 Å². The Labute approximate surface area is 108 Å². The average molecular weight is 251 g/mol. The molecule has 1 amide bonds. The van der Waals surface area contributed by atoms with Gasteiger partial charge in [0.25, 0.3) is 0 Å². The molecule has 100 valence electrons. The maximum Gasteiger partial charge on any atom is 0.412 e. The maximum absolute atomic E-state index is 11.6. The van der Waals surface area contributed by atoms with E-state index >= 15 is 0 Å². The lowest BCUT2D eigenvalue weighted by molar-refractivity contribution is 0.0636. The number of aliphatic hydroxyl groups excluding tert-OH is 1. The third-order valence-corrected chi connectivity index (χ3v) is 2.10. The molecule has 1 atom stereocenters. The molecule has 2 N–H and O–H groups in total. The van der Waals surface area contributed by atoms with Gasteiger partial charge in [-0.1, -0.05) is 12.1 Å². The summed E-state index contributed by atoms with van der Waals surface area (Å²) in [6.45, 7) is 7.18. The van der Waals surface area contributed by atoms with Gasteiger partial charge in [-0.05, 0) is 51.8 Å². The number of hydrogen-bond donors (Lipinski definition) is 2. The van der Waals surface area contributed by atoms with Crippen molar-refractivity contribution in [2.45, 2.75) is 45.8 Å². The summed E-state index contributed by atoms with van der Waals surface area (Å²) in [6.07, 6.45) is -0.317. The number of nitrogens with one attached hydrogen (secondary N) is 1. The quantitative estimate of drug-likeness (QED) is 0.868. The summed E-state index contributed by atoms with van der Waals surface area (Å²) in [5.74, 6) is 0. The fourth-order valence-corrected chi connectivity index (χ4v) is 1.54. The van der Waals surface area contributed by atoms with Crippen molar-refractivity contribution in [1.29, 1.82) is 0 Å². The van der Waals surface area contributed by atoms with E-state index in [1.54, 1.807) is 13.0 Å². The smallest absolute Gasteiger partial charge is 0.412 e. The van der Waals surface area contributed by atoms with Gasteiger partial charge in [0.15, 0.2) is 0 Å². The molecule has 0 bridgehead atoms. The lowest BCUT2D eigenvalue weighted by Crippen LogP contribution is -2.27. The van der Waals surface area contributed by atoms with Crippen LogP contribution in [0.5, 0.6) is 0 Å². The van der Waals surface area contributed by atoms with Gasteiger partial charge >= 0.3 is 6.09 Å². The zero-order valence-corrected chi connectivity index (χ0v) is 11.4. The van der Waals surface area contributed by atoms with E-state index in [-0.39, 0.29) is 0 Å². The number of anilines is 1. The molecule has 0 heterocycles. The van der Waals surface area contributed by atoms with E-state index in [0.29, 0.717) is 12.1 Å². The van der Waals surface area contributed by atoms with Crippen LogP contribution in [0.3, 0.4) is 0 Å². The van der Waals surface area contributed by atoms with Gasteiger partial charge in [0.05, 0.1) is 6.10 Å². The first-order chi connectivity index (χ1) is 8.26. The fourth-order valence-electron chi connectivity index (χ4n) is 1.54. The van der Waals surface area contributed by atoms with Crippen molar-refractivity contribution in [3.63, 3.8) is 0 Å². The largest absolute Gasteiger partial charge is 0.444 e. The summed E-state index contributed by atoms with van der Waals surface area (Å²) in [7, 11) is 0. The zero-order valence-electron chi connectivity index (χ0n) is 11.4. The fraction of sp³-hybridized carbons (Fsp3) is 0.500. The molecule has 0 aliphatic carbocycles. The van der Waals surface area contributed by atoms with Gasteiger partial charge in [0.1, 0.15) is 5.60 Å². The minimum atomic E-state index is -0.513. The topological polar surface area (TPSA) is 58.6 Å². The molecule has 4 nitrogen and oxygen atoms in total. The summed E-state index contributed by atoms with van der Waals surface area (Å²) in [4.78, 5) is 11.6. The molecule has 4 heteroatoms. The van der Waals surface area contributed by atoms with Gasteiger partial charge in [0, 0.05) is 5.69 Å². The van der Waals surface area contributed by atoms with Crippen molar-refractivity contribution >= 4 is 11.8 Å². The molecule has 0 spiro atoms. The molecule has 0 saturated heterocycles. The van der Waals surface area contributed by atoms with Crippen LogP contribution < -0.4 is 5.32 Å². The molecule has 1 rings (SSSR count). The molecule has 18 heavy (non-hydrogen) atoms. The van der Waals surface area contributed by atoms with Crippen molar-refractivity contribution in [2.75, 3.05) is 5.32 Å². The van der Waals surface area contributed by atoms with E-state index in [9.17, 15) is 9.90 Å². The first kappa shape index (κ1) is 14.5. The SMILES string of the molecule is C[C@@H](O)Cc1cccc(NC(=O)OC(C)(C)C)c1. The van der Waals surface area contributed by atoms with Crippen LogP contribution in [0.2, 0.25) is 0 Å². The van der Waals surface area contributed by atoms with E-state index in [1.165, 1.54) is 0 Å².